The van der Waals surface area contributed by atoms with E-state index in [1.807, 2.05) is 0 Å². The number of nitrogens with zero attached hydrogens (tertiary/aromatic N) is 1. The summed E-state index contributed by atoms with van der Waals surface area (Å²) >= 11 is 0. The van der Waals surface area contributed by atoms with Crippen LogP contribution in [0.15, 0.2) is 0 Å². The summed E-state index contributed by atoms with van der Waals surface area (Å²) in [6.45, 7) is 1.78. The molecule has 2 heterocycles. The van der Waals surface area contributed by atoms with Crippen molar-refractivity contribution in [2.24, 2.45) is 5.92 Å². The van der Waals surface area contributed by atoms with E-state index < -0.39 is 5.67 Å². The first-order valence-electron chi connectivity index (χ1n) is 9.55. The van der Waals surface area contributed by atoms with Crippen LogP contribution < -0.4 is 10.6 Å². The SMILES string of the molecule is O=C(CC1CCCCC1)NC1CCN(C(=O)[C@]2(F)CCNC2)CC1. The maximum Gasteiger partial charge on any atom is 0.261 e. The van der Waals surface area contributed by atoms with Crippen LogP contribution in [0.1, 0.15) is 57.8 Å². The Morgan fingerprint density at radius 2 is 1.83 bits per heavy atom. The van der Waals surface area contributed by atoms with E-state index in [2.05, 4.69) is 10.6 Å². The predicted molar refractivity (Wildman–Crippen MR) is 90.3 cm³/mol. The zero-order chi connectivity index (χ0) is 17.0. The first-order valence-corrected chi connectivity index (χ1v) is 9.55. The smallest absolute Gasteiger partial charge is 0.261 e. The van der Waals surface area contributed by atoms with Crippen molar-refractivity contribution in [3.8, 4) is 0 Å². The molecule has 1 atom stereocenters. The Morgan fingerprint density at radius 3 is 2.46 bits per heavy atom. The van der Waals surface area contributed by atoms with E-state index in [9.17, 15) is 14.0 Å². The van der Waals surface area contributed by atoms with Crippen LogP contribution in [-0.2, 0) is 9.59 Å². The fourth-order valence-corrected chi connectivity index (χ4v) is 4.29. The fourth-order valence-electron chi connectivity index (χ4n) is 4.29. The number of piperidine rings is 1. The van der Waals surface area contributed by atoms with Crippen molar-refractivity contribution in [3.63, 3.8) is 0 Å². The van der Waals surface area contributed by atoms with Crippen LogP contribution in [0.4, 0.5) is 4.39 Å². The van der Waals surface area contributed by atoms with Crippen LogP contribution >= 0.6 is 0 Å². The predicted octanol–water partition coefficient (Wildman–Crippen LogP) is 1.77. The van der Waals surface area contributed by atoms with Crippen molar-refractivity contribution < 1.29 is 14.0 Å². The maximum absolute atomic E-state index is 14.5. The van der Waals surface area contributed by atoms with Crippen molar-refractivity contribution in [1.29, 1.82) is 0 Å². The molecule has 0 aromatic carbocycles. The number of amides is 2. The van der Waals surface area contributed by atoms with Crippen LogP contribution in [0.5, 0.6) is 0 Å². The first kappa shape index (κ1) is 17.6. The minimum atomic E-state index is -1.73. The highest BCUT2D eigenvalue weighted by molar-refractivity contribution is 5.86. The van der Waals surface area contributed by atoms with Crippen molar-refractivity contribution in [2.75, 3.05) is 26.2 Å². The second kappa shape index (κ2) is 7.81. The number of likely N-dealkylation sites (tertiary alicyclic amines) is 1. The molecular formula is C18H30FN3O2. The Morgan fingerprint density at radius 1 is 1.12 bits per heavy atom. The summed E-state index contributed by atoms with van der Waals surface area (Å²) in [5, 5.41) is 6.05. The Bertz CT molecular complexity index is 451. The Balaban J connectivity index is 1.40. The number of hydrogen-bond acceptors (Lipinski definition) is 3. The van der Waals surface area contributed by atoms with Gasteiger partial charge in [0.2, 0.25) is 11.6 Å². The third-order valence-electron chi connectivity index (χ3n) is 5.83. The quantitative estimate of drug-likeness (QED) is 0.820. The monoisotopic (exact) mass is 339 g/mol. The summed E-state index contributed by atoms with van der Waals surface area (Å²) < 4.78 is 14.5. The van der Waals surface area contributed by atoms with E-state index in [4.69, 9.17) is 0 Å². The molecule has 2 amide bonds. The zero-order valence-corrected chi connectivity index (χ0v) is 14.5. The van der Waals surface area contributed by atoms with Gasteiger partial charge in [-0.2, -0.15) is 0 Å². The Hall–Kier alpha value is -1.17. The Kier molecular flexibility index (Phi) is 5.74. The topological polar surface area (TPSA) is 61.4 Å². The number of carbonyl (C=O) groups is 2. The van der Waals surface area contributed by atoms with Gasteiger partial charge in [0.15, 0.2) is 0 Å². The molecule has 24 heavy (non-hydrogen) atoms. The lowest BCUT2D eigenvalue weighted by atomic mass is 9.86. The van der Waals surface area contributed by atoms with Gasteiger partial charge in [0, 0.05) is 38.5 Å². The molecule has 0 aromatic heterocycles. The highest BCUT2D eigenvalue weighted by Gasteiger charge is 2.44. The number of hydrogen-bond donors (Lipinski definition) is 2. The number of halogens is 1. The van der Waals surface area contributed by atoms with E-state index in [1.54, 1.807) is 4.90 Å². The van der Waals surface area contributed by atoms with Crippen LogP contribution in [0.2, 0.25) is 0 Å². The van der Waals surface area contributed by atoms with Gasteiger partial charge in [-0.25, -0.2) is 4.39 Å². The average Bonchev–Trinajstić information content (AvgIpc) is 3.04. The lowest BCUT2D eigenvalue weighted by Gasteiger charge is -2.35. The lowest BCUT2D eigenvalue weighted by Crippen LogP contribution is -2.53. The van der Waals surface area contributed by atoms with Crippen molar-refractivity contribution in [3.05, 3.63) is 0 Å². The number of carbonyl (C=O) groups excluding carboxylic acids is 2. The summed E-state index contributed by atoms with van der Waals surface area (Å²) in [7, 11) is 0. The summed E-state index contributed by atoms with van der Waals surface area (Å²) in [5.41, 5.74) is -1.73. The summed E-state index contributed by atoms with van der Waals surface area (Å²) in [4.78, 5) is 26.2. The molecule has 1 saturated carbocycles. The zero-order valence-electron chi connectivity index (χ0n) is 14.5. The van der Waals surface area contributed by atoms with Crippen molar-refractivity contribution >= 4 is 11.8 Å². The maximum atomic E-state index is 14.5. The van der Waals surface area contributed by atoms with Gasteiger partial charge in [-0.1, -0.05) is 19.3 Å². The molecule has 0 unspecified atom stereocenters. The highest BCUT2D eigenvalue weighted by atomic mass is 19.1. The molecule has 0 radical (unpaired) electrons. The van der Waals surface area contributed by atoms with Gasteiger partial charge in [0.1, 0.15) is 0 Å². The van der Waals surface area contributed by atoms with Gasteiger partial charge >= 0.3 is 0 Å². The van der Waals surface area contributed by atoms with E-state index >= 15 is 0 Å². The molecule has 6 heteroatoms. The fraction of sp³-hybridized carbons (Fsp3) is 0.889. The minimum Gasteiger partial charge on any atom is -0.353 e. The van der Waals surface area contributed by atoms with Crippen molar-refractivity contribution in [2.45, 2.75) is 69.5 Å². The number of nitrogens with one attached hydrogen (secondary N) is 2. The van der Waals surface area contributed by atoms with Crippen LogP contribution in [0, 0.1) is 5.92 Å². The molecular weight excluding hydrogens is 309 g/mol. The third-order valence-corrected chi connectivity index (χ3v) is 5.83. The van der Waals surface area contributed by atoms with E-state index in [0.29, 0.717) is 32.0 Å². The summed E-state index contributed by atoms with van der Waals surface area (Å²) in [6.07, 6.45) is 8.51. The average molecular weight is 339 g/mol. The van der Waals surface area contributed by atoms with Crippen molar-refractivity contribution in [1.82, 2.24) is 15.5 Å². The van der Waals surface area contributed by atoms with Gasteiger partial charge in [-0.15, -0.1) is 0 Å². The normalized spacial score (nSPS) is 29.6. The van der Waals surface area contributed by atoms with Gasteiger partial charge in [-0.3, -0.25) is 9.59 Å². The number of rotatable bonds is 4. The van der Waals surface area contributed by atoms with Gasteiger partial charge in [0.05, 0.1) is 0 Å². The van der Waals surface area contributed by atoms with Crippen LogP contribution in [-0.4, -0.2) is 54.6 Å². The van der Waals surface area contributed by atoms with E-state index in [-0.39, 0.29) is 30.8 Å². The molecule has 2 saturated heterocycles. The number of alkyl halides is 1. The molecule has 0 bridgehead atoms. The molecule has 0 aromatic rings. The molecule has 2 N–H and O–H groups in total. The standard InChI is InChI=1S/C18H30FN3O2/c19-18(8-9-20-13-18)17(24)22-10-6-15(7-11-22)21-16(23)12-14-4-2-1-3-5-14/h14-15,20H,1-13H2,(H,21,23)/t18-/m0/s1. The summed E-state index contributed by atoms with van der Waals surface area (Å²) in [5.74, 6) is 0.315. The first-order chi connectivity index (χ1) is 11.6. The molecule has 1 aliphatic carbocycles. The van der Waals surface area contributed by atoms with E-state index in [0.717, 1.165) is 12.8 Å². The van der Waals surface area contributed by atoms with Crippen LogP contribution in [0.3, 0.4) is 0 Å². The Labute approximate surface area is 143 Å². The van der Waals surface area contributed by atoms with Gasteiger partial charge in [-0.05, 0) is 38.1 Å². The highest BCUT2D eigenvalue weighted by Crippen LogP contribution is 2.27. The molecule has 0 spiro atoms. The second-order valence-corrected chi connectivity index (χ2v) is 7.73. The lowest BCUT2D eigenvalue weighted by molar-refractivity contribution is -0.144. The molecule has 3 fully saturated rings. The largest absolute Gasteiger partial charge is 0.353 e. The molecule has 136 valence electrons. The molecule has 2 aliphatic heterocycles. The van der Waals surface area contributed by atoms with Gasteiger partial charge in [0.25, 0.3) is 5.91 Å². The molecule has 3 rings (SSSR count). The molecule has 5 nitrogen and oxygen atoms in total. The third kappa shape index (κ3) is 4.26. The summed E-state index contributed by atoms with van der Waals surface area (Å²) in [6, 6.07) is 0.127. The van der Waals surface area contributed by atoms with E-state index in [1.165, 1.54) is 32.1 Å². The molecule has 3 aliphatic rings. The minimum absolute atomic E-state index is 0.127. The van der Waals surface area contributed by atoms with Crippen LogP contribution in [0.25, 0.3) is 0 Å². The second-order valence-electron chi connectivity index (χ2n) is 7.73. The van der Waals surface area contributed by atoms with Gasteiger partial charge < -0.3 is 15.5 Å².